The summed E-state index contributed by atoms with van der Waals surface area (Å²) in [6, 6.07) is 0. The van der Waals surface area contributed by atoms with Crippen molar-refractivity contribution < 1.29 is 9.53 Å². The predicted octanol–water partition coefficient (Wildman–Crippen LogP) is 1.65. The van der Waals surface area contributed by atoms with Gasteiger partial charge in [0.15, 0.2) is 0 Å². The lowest BCUT2D eigenvalue weighted by molar-refractivity contribution is -0.141. The average Bonchev–Trinajstić information content (AvgIpc) is 1.87. The van der Waals surface area contributed by atoms with Gasteiger partial charge in [-0.3, -0.25) is 4.79 Å². The first-order valence-corrected chi connectivity index (χ1v) is 3.19. The Labute approximate surface area is 73.0 Å². The van der Waals surface area contributed by atoms with E-state index < -0.39 is 0 Å². The molecule has 0 aromatic heterocycles. The van der Waals surface area contributed by atoms with Crippen LogP contribution in [0.25, 0.3) is 0 Å². The second kappa shape index (κ2) is 6.16. The predicted molar refractivity (Wildman–Crippen MR) is 46.4 cm³/mol. The molecular weight excluding hydrogens is 166 g/mol. The number of carbonyl (C=O) groups excluding carboxylic acids is 1. The molecule has 0 aromatic rings. The molecule has 0 fully saturated rings. The van der Waals surface area contributed by atoms with Crippen molar-refractivity contribution in [2.75, 3.05) is 7.11 Å². The summed E-state index contributed by atoms with van der Waals surface area (Å²) < 4.78 is 4.44. The lowest BCUT2D eigenvalue weighted by atomic mass is 10.0. The van der Waals surface area contributed by atoms with Gasteiger partial charge in [0.1, 0.15) is 0 Å². The van der Waals surface area contributed by atoms with Crippen molar-refractivity contribution in [3.8, 4) is 0 Å². The molecule has 4 heteroatoms. The highest BCUT2D eigenvalue weighted by Gasteiger charge is 2.09. The third kappa shape index (κ3) is 5.85. The van der Waals surface area contributed by atoms with Crippen molar-refractivity contribution >= 4 is 24.1 Å². The Hall–Kier alpha value is -0.570. The maximum absolute atomic E-state index is 10.6. The summed E-state index contributed by atoms with van der Waals surface area (Å²) in [4.78, 5) is 10.6. The summed E-state index contributed by atoms with van der Waals surface area (Å²) in [6.45, 7) is 3.52. The summed E-state index contributed by atoms with van der Waals surface area (Å²) >= 11 is 0. The minimum Gasteiger partial charge on any atom is -0.469 e. The molecule has 0 spiro atoms. The molecule has 0 bridgehead atoms. The molecular formula is C7H14ClNO2. The first-order valence-electron chi connectivity index (χ1n) is 3.19. The molecule has 11 heavy (non-hydrogen) atoms. The van der Waals surface area contributed by atoms with E-state index in [0.29, 0.717) is 12.1 Å². The van der Waals surface area contributed by atoms with E-state index in [9.17, 15) is 4.79 Å². The van der Waals surface area contributed by atoms with Crippen LogP contribution < -0.4 is 0 Å². The van der Waals surface area contributed by atoms with Gasteiger partial charge in [-0.2, -0.15) is 0 Å². The van der Waals surface area contributed by atoms with Crippen LogP contribution >= 0.6 is 12.4 Å². The van der Waals surface area contributed by atoms with Crippen molar-refractivity contribution in [3.63, 3.8) is 0 Å². The zero-order chi connectivity index (χ0) is 8.15. The van der Waals surface area contributed by atoms with Crippen molar-refractivity contribution in [1.29, 1.82) is 5.41 Å². The van der Waals surface area contributed by atoms with Gasteiger partial charge in [-0.15, -0.1) is 12.4 Å². The van der Waals surface area contributed by atoms with Crippen LogP contribution in [0, 0.1) is 11.3 Å². The lowest BCUT2D eigenvalue weighted by Crippen LogP contribution is -2.12. The number of nitrogens with one attached hydrogen (secondary N) is 1. The quantitative estimate of drug-likeness (QED) is 0.529. The van der Waals surface area contributed by atoms with Gasteiger partial charge in [0.25, 0.3) is 0 Å². The number of methoxy groups -OCH3 is 1. The number of rotatable bonds is 3. The fraction of sp³-hybridized carbons (Fsp3) is 0.714. The highest BCUT2D eigenvalue weighted by molar-refractivity contribution is 5.85. The molecule has 0 saturated heterocycles. The van der Waals surface area contributed by atoms with E-state index in [1.807, 2.05) is 6.92 Å². The molecule has 0 aliphatic heterocycles. The Morgan fingerprint density at radius 2 is 2.09 bits per heavy atom. The summed E-state index contributed by atoms with van der Waals surface area (Å²) in [5.41, 5.74) is 0.519. The van der Waals surface area contributed by atoms with E-state index >= 15 is 0 Å². The van der Waals surface area contributed by atoms with Crippen LogP contribution in [0.1, 0.15) is 20.3 Å². The van der Waals surface area contributed by atoms with E-state index in [2.05, 4.69) is 4.74 Å². The van der Waals surface area contributed by atoms with E-state index in [1.165, 1.54) is 7.11 Å². The van der Waals surface area contributed by atoms with E-state index in [-0.39, 0.29) is 24.3 Å². The minimum atomic E-state index is -0.251. The molecule has 0 radical (unpaired) electrons. The summed E-state index contributed by atoms with van der Waals surface area (Å²) in [7, 11) is 1.36. The number of esters is 1. The second-order valence-electron chi connectivity index (χ2n) is 2.36. The molecule has 0 aromatic carbocycles. The minimum absolute atomic E-state index is 0. The van der Waals surface area contributed by atoms with Crippen LogP contribution in [0.5, 0.6) is 0 Å². The molecule has 0 amide bonds. The van der Waals surface area contributed by atoms with Gasteiger partial charge in [-0.25, -0.2) is 0 Å². The van der Waals surface area contributed by atoms with Crippen LogP contribution in [0.2, 0.25) is 0 Å². The Bertz CT molecular complexity index is 147. The molecule has 0 saturated carbocycles. The maximum atomic E-state index is 10.6. The summed E-state index contributed by atoms with van der Waals surface area (Å²) in [5.74, 6) is -0.244. The molecule has 0 unspecified atom stereocenters. The molecule has 0 rings (SSSR count). The van der Waals surface area contributed by atoms with Crippen molar-refractivity contribution in [3.05, 3.63) is 0 Å². The van der Waals surface area contributed by atoms with E-state index in [0.717, 1.165) is 0 Å². The molecule has 0 aliphatic rings. The standard InChI is InChI=1S/C7H13NO2.ClH/c1-5(6(2)8)4-7(9)10-3;/h5,8H,4H2,1-3H3;1H/t5-;/m0./s1. The Kier molecular flexibility index (Phi) is 7.31. The Morgan fingerprint density at radius 3 is 2.36 bits per heavy atom. The van der Waals surface area contributed by atoms with E-state index in [1.54, 1.807) is 6.92 Å². The fourth-order valence-corrected chi connectivity index (χ4v) is 0.486. The highest BCUT2D eigenvalue weighted by Crippen LogP contribution is 2.03. The van der Waals surface area contributed by atoms with Crippen LogP contribution in [0.3, 0.4) is 0 Å². The second-order valence-corrected chi connectivity index (χ2v) is 2.36. The number of hydrogen-bond acceptors (Lipinski definition) is 3. The molecule has 0 aliphatic carbocycles. The summed E-state index contributed by atoms with van der Waals surface area (Å²) in [5, 5.41) is 7.16. The van der Waals surface area contributed by atoms with Gasteiger partial charge in [0, 0.05) is 11.6 Å². The van der Waals surface area contributed by atoms with Gasteiger partial charge in [0.05, 0.1) is 13.5 Å². The van der Waals surface area contributed by atoms with Crippen molar-refractivity contribution in [2.24, 2.45) is 5.92 Å². The number of hydrogen-bond donors (Lipinski definition) is 1. The smallest absolute Gasteiger partial charge is 0.306 e. The Morgan fingerprint density at radius 1 is 1.64 bits per heavy atom. The third-order valence-electron chi connectivity index (χ3n) is 1.44. The first kappa shape index (κ1) is 13.1. The van der Waals surface area contributed by atoms with Crippen LogP contribution in [0.4, 0.5) is 0 Å². The largest absolute Gasteiger partial charge is 0.469 e. The molecule has 1 atom stereocenters. The van der Waals surface area contributed by atoms with Crippen LogP contribution in [-0.2, 0) is 9.53 Å². The van der Waals surface area contributed by atoms with Crippen molar-refractivity contribution in [2.45, 2.75) is 20.3 Å². The normalized spacial score (nSPS) is 11.2. The zero-order valence-corrected chi connectivity index (χ0v) is 7.83. The molecule has 3 nitrogen and oxygen atoms in total. The Balaban J connectivity index is 0. The zero-order valence-electron chi connectivity index (χ0n) is 7.01. The topological polar surface area (TPSA) is 50.2 Å². The van der Waals surface area contributed by atoms with E-state index in [4.69, 9.17) is 5.41 Å². The van der Waals surface area contributed by atoms with Gasteiger partial charge in [0.2, 0.25) is 0 Å². The molecule has 66 valence electrons. The SMILES string of the molecule is COC(=O)C[C@H](C)C(C)=N.Cl. The first-order chi connectivity index (χ1) is 4.57. The van der Waals surface area contributed by atoms with Gasteiger partial charge in [-0.1, -0.05) is 6.92 Å². The average molecular weight is 180 g/mol. The van der Waals surface area contributed by atoms with Gasteiger partial charge in [-0.05, 0) is 6.92 Å². The third-order valence-corrected chi connectivity index (χ3v) is 1.44. The maximum Gasteiger partial charge on any atom is 0.306 e. The highest BCUT2D eigenvalue weighted by atomic mass is 35.5. The number of ether oxygens (including phenoxy) is 1. The van der Waals surface area contributed by atoms with Gasteiger partial charge < -0.3 is 10.1 Å². The van der Waals surface area contributed by atoms with Crippen LogP contribution in [-0.4, -0.2) is 18.8 Å². The lowest BCUT2D eigenvalue weighted by Gasteiger charge is -2.06. The van der Waals surface area contributed by atoms with Gasteiger partial charge >= 0.3 is 5.97 Å². The monoisotopic (exact) mass is 179 g/mol. The molecule has 0 heterocycles. The summed E-state index contributed by atoms with van der Waals surface area (Å²) in [6.07, 6.45) is 0.311. The number of halogens is 1. The van der Waals surface area contributed by atoms with Crippen molar-refractivity contribution in [1.82, 2.24) is 0 Å². The fourth-order valence-electron chi connectivity index (χ4n) is 0.486. The molecule has 1 N–H and O–H groups in total. The van der Waals surface area contributed by atoms with Crippen LogP contribution in [0.15, 0.2) is 0 Å². The number of carbonyl (C=O) groups is 1.